The summed E-state index contributed by atoms with van der Waals surface area (Å²) < 4.78 is 18.3. The highest BCUT2D eigenvalue weighted by atomic mass is 19.1. The average molecular weight is 399 g/mol. The molecule has 8 heteroatoms. The number of halogens is 1. The first kappa shape index (κ1) is 19.1. The van der Waals surface area contributed by atoms with Crippen LogP contribution in [0.1, 0.15) is 18.5 Å². The van der Waals surface area contributed by atoms with Crippen molar-refractivity contribution in [3.63, 3.8) is 0 Å². The lowest BCUT2D eigenvalue weighted by Gasteiger charge is -2.25. The molecular weight excluding hydrogens is 379 g/mol. The number of phenolic OH excluding ortho intramolecular Hbond substituents is 1. The molecule has 2 aliphatic rings. The van der Waals surface area contributed by atoms with Crippen molar-refractivity contribution in [3.05, 3.63) is 59.9 Å². The summed E-state index contributed by atoms with van der Waals surface area (Å²) in [5.74, 6) is -3.72. The van der Waals surface area contributed by atoms with Crippen LogP contribution in [0.25, 0.3) is 0 Å². The molecule has 29 heavy (non-hydrogen) atoms. The number of quaternary nitrogens is 1. The van der Waals surface area contributed by atoms with E-state index in [0.29, 0.717) is 5.56 Å². The number of nitrogens with two attached hydrogens (primary N) is 1. The van der Waals surface area contributed by atoms with Crippen LogP contribution in [-0.2, 0) is 19.1 Å². The van der Waals surface area contributed by atoms with Crippen molar-refractivity contribution in [2.24, 2.45) is 11.8 Å². The zero-order chi connectivity index (χ0) is 20.9. The second-order valence-corrected chi connectivity index (χ2v) is 7.55. The van der Waals surface area contributed by atoms with E-state index in [0.717, 1.165) is 4.90 Å². The molecule has 2 aromatic rings. The Hall–Kier alpha value is -3.26. The molecule has 0 radical (unpaired) electrons. The predicted molar refractivity (Wildman–Crippen MR) is 99.1 cm³/mol. The van der Waals surface area contributed by atoms with Gasteiger partial charge < -0.3 is 15.2 Å². The highest BCUT2D eigenvalue weighted by molar-refractivity contribution is 6.23. The molecule has 2 aliphatic heterocycles. The fourth-order valence-electron chi connectivity index (χ4n) is 4.52. The number of carbonyl (C=O) groups excluding carboxylic acids is 3. The molecule has 150 valence electrons. The van der Waals surface area contributed by atoms with Crippen molar-refractivity contribution in [1.82, 2.24) is 0 Å². The number of phenols is 1. The molecule has 0 unspecified atom stereocenters. The van der Waals surface area contributed by atoms with Crippen molar-refractivity contribution >= 4 is 23.5 Å². The van der Waals surface area contributed by atoms with Gasteiger partial charge in [0.15, 0.2) is 0 Å². The molecule has 2 saturated heterocycles. The Balaban J connectivity index is 1.81. The zero-order valence-electron chi connectivity index (χ0n) is 15.8. The largest absolute Gasteiger partial charge is 0.508 e. The Bertz CT molecular complexity index is 991. The molecule has 0 saturated carbocycles. The van der Waals surface area contributed by atoms with Crippen LogP contribution in [0.4, 0.5) is 10.1 Å². The number of esters is 1. The molecule has 3 N–H and O–H groups in total. The third-order valence-corrected chi connectivity index (χ3v) is 5.90. The molecular formula is C21H20FN2O5+. The van der Waals surface area contributed by atoms with Crippen LogP contribution in [0, 0.1) is 17.7 Å². The summed E-state index contributed by atoms with van der Waals surface area (Å²) in [6.45, 7) is 1.59. The van der Waals surface area contributed by atoms with Crippen LogP contribution in [0.5, 0.6) is 5.75 Å². The highest BCUT2D eigenvalue weighted by Gasteiger charge is 2.70. The van der Waals surface area contributed by atoms with Gasteiger partial charge in [0.05, 0.1) is 12.8 Å². The lowest BCUT2D eigenvalue weighted by atomic mass is 9.80. The molecule has 0 spiro atoms. The van der Waals surface area contributed by atoms with E-state index in [9.17, 15) is 23.9 Å². The van der Waals surface area contributed by atoms with Gasteiger partial charge in [0.1, 0.15) is 29.4 Å². The Morgan fingerprint density at radius 3 is 2.31 bits per heavy atom. The number of anilines is 1. The maximum absolute atomic E-state index is 13.3. The quantitative estimate of drug-likeness (QED) is 0.590. The van der Waals surface area contributed by atoms with Gasteiger partial charge in [0.25, 0.3) is 0 Å². The average Bonchev–Trinajstić information content (AvgIpc) is 3.17. The van der Waals surface area contributed by atoms with Gasteiger partial charge in [0.2, 0.25) is 17.4 Å². The predicted octanol–water partition coefficient (Wildman–Crippen LogP) is 0.887. The molecule has 0 bridgehead atoms. The molecule has 4 rings (SSSR count). The van der Waals surface area contributed by atoms with Crippen LogP contribution >= 0.6 is 0 Å². The lowest BCUT2D eigenvalue weighted by molar-refractivity contribution is -0.730. The molecule has 4 atom stereocenters. The molecule has 2 heterocycles. The first-order valence-corrected chi connectivity index (χ1v) is 9.14. The maximum atomic E-state index is 13.3. The number of fused-ring (bicyclic) bond motifs is 1. The Morgan fingerprint density at radius 1 is 1.10 bits per heavy atom. The maximum Gasteiger partial charge on any atom is 0.368 e. The van der Waals surface area contributed by atoms with E-state index in [1.54, 1.807) is 24.4 Å². The number of amides is 2. The van der Waals surface area contributed by atoms with Gasteiger partial charge in [-0.2, -0.15) is 0 Å². The number of benzene rings is 2. The number of hydrogen-bond donors (Lipinski definition) is 2. The summed E-state index contributed by atoms with van der Waals surface area (Å²) in [4.78, 5) is 40.3. The molecule has 2 fully saturated rings. The first-order chi connectivity index (χ1) is 13.8. The Labute approximate surface area is 166 Å². The summed E-state index contributed by atoms with van der Waals surface area (Å²) >= 11 is 0. The van der Waals surface area contributed by atoms with E-state index in [1.807, 2.05) is 0 Å². The molecule has 0 aromatic heterocycles. The van der Waals surface area contributed by atoms with Gasteiger partial charge in [-0.05, 0) is 48.5 Å². The van der Waals surface area contributed by atoms with Gasteiger partial charge in [-0.1, -0.05) is 0 Å². The number of methoxy groups -OCH3 is 1. The number of imide groups is 1. The van der Waals surface area contributed by atoms with E-state index in [1.165, 1.54) is 43.5 Å². The number of carbonyl (C=O) groups is 3. The van der Waals surface area contributed by atoms with Crippen LogP contribution < -0.4 is 10.2 Å². The second-order valence-electron chi connectivity index (χ2n) is 7.55. The van der Waals surface area contributed by atoms with Crippen molar-refractivity contribution in [2.75, 3.05) is 12.0 Å². The van der Waals surface area contributed by atoms with Crippen LogP contribution in [0.2, 0.25) is 0 Å². The van der Waals surface area contributed by atoms with Crippen molar-refractivity contribution < 1.29 is 33.9 Å². The molecule has 2 amide bonds. The zero-order valence-corrected chi connectivity index (χ0v) is 15.8. The number of aromatic hydroxyl groups is 1. The van der Waals surface area contributed by atoms with Gasteiger partial charge in [-0.15, -0.1) is 0 Å². The smallest absolute Gasteiger partial charge is 0.368 e. The minimum Gasteiger partial charge on any atom is -0.508 e. The van der Waals surface area contributed by atoms with Crippen molar-refractivity contribution in [3.8, 4) is 5.75 Å². The van der Waals surface area contributed by atoms with Crippen LogP contribution in [0.3, 0.4) is 0 Å². The topological polar surface area (TPSA) is 101 Å². The fourth-order valence-corrected chi connectivity index (χ4v) is 4.52. The monoisotopic (exact) mass is 399 g/mol. The number of nitrogens with zero attached hydrogens (tertiary/aromatic N) is 1. The Kier molecular flexibility index (Phi) is 4.38. The van der Waals surface area contributed by atoms with E-state index in [4.69, 9.17) is 4.74 Å². The van der Waals surface area contributed by atoms with Crippen LogP contribution in [0.15, 0.2) is 48.5 Å². The standard InChI is InChI=1S/C21H19FN2O5/c1-21(20(28)29-2)16-15(17(23-21)11-3-9-14(25)10-4-11)18(26)24(19(16)27)13-7-5-12(22)6-8-13/h3-10,15-17,23,25H,1-2H3/p+1/t15-,16+,17-,21-/m0/s1. The van der Waals surface area contributed by atoms with E-state index >= 15 is 0 Å². The van der Waals surface area contributed by atoms with Gasteiger partial charge in [0, 0.05) is 12.5 Å². The van der Waals surface area contributed by atoms with E-state index < -0.39 is 47.0 Å². The molecule has 2 aromatic carbocycles. The minimum atomic E-state index is -1.30. The SMILES string of the molecule is COC(=O)[C@@]1(C)[NH2+][C@@H](c2ccc(O)cc2)[C@H]2C(=O)N(c3ccc(F)cc3)C(=O)[C@@H]21. The fraction of sp³-hybridized carbons (Fsp3) is 0.286. The third kappa shape index (κ3) is 2.79. The summed E-state index contributed by atoms with van der Waals surface area (Å²) in [5.41, 5.74) is -0.344. The molecule has 0 aliphatic carbocycles. The Morgan fingerprint density at radius 2 is 1.72 bits per heavy atom. The van der Waals surface area contributed by atoms with Crippen molar-refractivity contribution in [2.45, 2.75) is 18.5 Å². The van der Waals surface area contributed by atoms with Crippen LogP contribution in [-0.4, -0.2) is 35.5 Å². The lowest BCUT2D eigenvalue weighted by Crippen LogP contribution is -2.97. The van der Waals surface area contributed by atoms with E-state index in [2.05, 4.69) is 0 Å². The third-order valence-electron chi connectivity index (χ3n) is 5.90. The normalized spacial score (nSPS) is 28.5. The van der Waals surface area contributed by atoms with Gasteiger partial charge in [-0.25, -0.2) is 14.1 Å². The number of ether oxygens (including phenoxy) is 1. The summed E-state index contributed by atoms with van der Waals surface area (Å²) in [6, 6.07) is 10.9. The highest BCUT2D eigenvalue weighted by Crippen LogP contribution is 2.45. The second kappa shape index (κ2) is 6.66. The van der Waals surface area contributed by atoms with Gasteiger partial charge >= 0.3 is 5.97 Å². The molecule has 7 nitrogen and oxygen atoms in total. The number of hydrogen-bond acceptors (Lipinski definition) is 5. The summed E-state index contributed by atoms with van der Waals surface area (Å²) in [6.07, 6.45) is 0. The van der Waals surface area contributed by atoms with Gasteiger partial charge in [-0.3, -0.25) is 9.59 Å². The van der Waals surface area contributed by atoms with Crippen molar-refractivity contribution in [1.29, 1.82) is 0 Å². The summed E-state index contributed by atoms with van der Waals surface area (Å²) in [5, 5.41) is 11.3. The first-order valence-electron chi connectivity index (χ1n) is 9.14. The number of rotatable bonds is 3. The summed E-state index contributed by atoms with van der Waals surface area (Å²) in [7, 11) is 1.24. The van der Waals surface area contributed by atoms with E-state index in [-0.39, 0.29) is 11.4 Å². The minimum absolute atomic E-state index is 0.0702.